The summed E-state index contributed by atoms with van der Waals surface area (Å²) in [5, 5.41) is 61.1. The van der Waals surface area contributed by atoms with Crippen LogP contribution in [-0.2, 0) is 23.7 Å². The number of aliphatic imine (C=N–C) groups is 1. The largest absolute Gasteiger partial charge is 0.467 e. The highest BCUT2D eigenvalue weighted by Gasteiger charge is 2.52. The van der Waals surface area contributed by atoms with E-state index < -0.39 is 78.8 Å². The van der Waals surface area contributed by atoms with Crippen molar-refractivity contribution in [2.75, 3.05) is 39.9 Å². The van der Waals surface area contributed by atoms with Crippen molar-refractivity contribution in [1.82, 2.24) is 16.0 Å². The van der Waals surface area contributed by atoms with Crippen LogP contribution in [0.2, 0.25) is 0 Å². The SMILES string of the molecule is CN[C@@H]1[C@@H](O)[C@@H](O[C@@H]2[C@@H](O)[C@H](O[C@H]3OC(CNCCO)=CC[C@H]3N)[C@@H](N)C[C@H]2NC(=O)[C@@H](O)CCN=C(N)N)OC[C@]1(C)O. The van der Waals surface area contributed by atoms with Crippen LogP contribution >= 0.6 is 0 Å². The molecule has 2 aliphatic heterocycles. The van der Waals surface area contributed by atoms with Crippen molar-refractivity contribution in [1.29, 1.82) is 0 Å². The topological polar surface area (TPSA) is 308 Å². The molecule has 18 heteroatoms. The van der Waals surface area contributed by atoms with Gasteiger partial charge >= 0.3 is 0 Å². The molecule has 16 N–H and O–H groups in total. The Bertz CT molecular complexity index is 986. The van der Waals surface area contributed by atoms with Gasteiger partial charge < -0.3 is 83.4 Å². The van der Waals surface area contributed by atoms with Gasteiger partial charge in [0.15, 0.2) is 12.2 Å². The number of amides is 1. The molecular formula is C26H50N8O10. The Kier molecular flexibility index (Phi) is 13.5. The summed E-state index contributed by atoms with van der Waals surface area (Å²) in [5.41, 5.74) is 21.9. The summed E-state index contributed by atoms with van der Waals surface area (Å²) in [6, 6.07) is -3.25. The van der Waals surface area contributed by atoms with Gasteiger partial charge in [-0.3, -0.25) is 9.79 Å². The molecule has 2 fully saturated rings. The van der Waals surface area contributed by atoms with Crippen LogP contribution < -0.4 is 38.9 Å². The molecule has 1 aliphatic carbocycles. The first-order chi connectivity index (χ1) is 20.8. The van der Waals surface area contributed by atoms with Crippen molar-refractivity contribution in [3.05, 3.63) is 11.8 Å². The second-order valence-electron chi connectivity index (χ2n) is 11.6. The molecule has 3 aliphatic rings. The Morgan fingerprint density at radius 3 is 2.55 bits per heavy atom. The average Bonchev–Trinajstić information content (AvgIpc) is 2.95. The van der Waals surface area contributed by atoms with Gasteiger partial charge in [-0.05, 0) is 32.9 Å². The van der Waals surface area contributed by atoms with Gasteiger partial charge in [-0.2, -0.15) is 0 Å². The number of nitrogens with one attached hydrogen (secondary N) is 3. The Balaban J connectivity index is 1.79. The van der Waals surface area contributed by atoms with Gasteiger partial charge in [0.1, 0.15) is 41.9 Å². The minimum atomic E-state index is -1.49. The molecule has 0 aromatic rings. The summed E-state index contributed by atoms with van der Waals surface area (Å²) in [5.74, 6) is -0.424. The summed E-state index contributed by atoms with van der Waals surface area (Å²) in [7, 11) is 1.56. The molecule has 12 atom stereocenters. The third-order valence-electron chi connectivity index (χ3n) is 7.89. The van der Waals surface area contributed by atoms with Crippen molar-refractivity contribution >= 4 is 11.9 Å². The van der Waals surface area contributed by atoms with E-state index in [2.05, 4.69) is 20.9 Å². The molecule has 0 aromatic heterocycles. The van der Waals surface area contributed by atoms with E-state index in [1.165, 1.54) is 6.92 Å². The van der Waals surface area contributed by atoms with E-state index in [1.807, 2.05) is 0 Å². The molecule has 3 rings (SSSR count). The number of carbonyl (C=O) groups excluding carboxylic acids is 1. The maximum atomic E-state index is 12.9. The van der Waals surface area contributed by atoms with E-state index in [9.17, 15) is 25.2 Å². The summed E-state index contributed by atoms with van der Waals surface area (Å²) in [6.07, 6.45) is -6.84. The maximum Gasteiger partial charge on any atom is 0.249 e. The first-order valence-corrected chi connectivity index (χ1v) is 14.7. The quantitative estimate of drug-likeness (QED) is 0.0480. The van der Waals surface area contributed by atoms with E-state index in [4.69, 9.17) is 47.0 Å². The normalized spacial score (nSPS) is 38.2. The zero-order valence-electron chi connectivity index (χ0n) is 25.1. The van der Waals surface area contributed by atoms with Crippen LogP contribution in [0.4, 0.5) is 0 Å². The standard InChI is InChI=1S/C26H50N8O10/c1-26(40)11-41-24(18(38)21(26)31-2)44-20-15(34-22(39)16(36)5-6-33-25(29)30)9-14(28)19(17(20)37)43-23-13(27)4-3-12(42-23)10-32-7-8-35/h3,13-21,23-24,31-32,35-38,40H,4-11,27-28H2,1-2H3,(H,34,39)(H4,29,30,33)/t13-,14+,15-,16+,17+,18-,19-,20+,21-,23-,24-,26+/m1/s1. The first-order valence-electron chi connectivity index (χ1n) is 14.7. The number of nitrogens with zero attached hydrogens (tertiary/aromatic N) is 1. The van der Waals surface area contributed by atoms with Crippen LogP contribution in [-0.4, -0.2) is 150 Å². The van der Waals surface area contributed by atoms with Gasteiger partial charge in [-0.1, -0.05) is 0 Å². The number of aliphatic hydroxyl groups excluding tert-OH is 4. The fourth-order valence-corrected chi connectivity index (χ4v) is 5.54. The molecule has 1 saturated heterocycles. The monoisotopic (exact) mass is 634 g/mol. The van der Waals surface area contributed by atoms with Gasteiger partial charge in [-0.25, -0.2) is 0 Å². The second-order valence-corrected chi connectivity index (χ2v) is 11.6. The summed E-state index contributed by atoms with van der Waals surface area (Å²) in [4.78, 5) is 16.7. The highest BCUT2D eigenvalue weighted by Crippen LogP contribution is 2.32. The predicted molar refractivity (Wildman–Crippen MR) is 156 cm³/mol. The van der Waals surface area contributed by atoms with Crippen LogP contribution in [0, 0.1) is 0 Å². The van der Waals surface area contributed by atoms with Crippen LogP contribution in [0.3, 0.4) is 0 Å². The molecule has 18 nitrogen and oxygen atoms in total. The highest BCUT2D eigenvalue weighted by atomic mass is 16.7. The molecule has 254 valence electrons. The van der Waals surface area contributed by atoms with Crippen LogP contribution in [0.15, 0.2) is 16.8 Å². The number of hydrogen-bond acceptors (Lipinski definition) is 15. The van der Waals surface area contributed by atoms with Gasteiger partial charge in [0.2, 0.25) is 12.2 Å². The molecule has 0 aromatic carbocycles. The first kappa shape index (κ1) is 36.3. The van der Waals surface area contributed by atoms with E-state index in [0.717, 1.165) is 0 Å². The van der Waals surface area contributed by atoms with Crippen LogP contribution in [0.1, 0.15) is 26.2 Å². The molecule has 44 heavy (non-hydrogen) atoms. The van der Waals surface area contributed by atoms with Gasteiger partial charge in [-0.15, -0.1) is 0 Å². The Morgan fingerprint density at radius 2 is 1.89 bits per heavy atom. The van der Waals surface area contributed by atoms with Crippen molar-refractivity contribution in [3.8, 4) is 0 Å². The number of hydrogen-bond donors (Lipinski definition) is 12. The zero-order chi connectivity index (χ0) is 32.6. The fraction of sp³-hybridized carbons (Fsp3) is 0.846. The Hall–Kier alpha value is -2.20. The van der Waals surface area contributed by atoms with Gasteiger partial charge in [0.05, 0.1) is 37.9 Å². The number of ether oxygens (including phenoxy) is 4. The third-order valence-corrected chi connectivity index (χ3v) is 7.89. The molecular weight excluding hydrogens is 584 g/mol. The molecule has 1 saturated carbocycles. The summed E-state index contributed by atoms with van der Waals surface area (Å²) >= 11 is 0. The fourth-order valence-electron chi connectivity index (χ4n) is 5.54. The maximum absolute atomic E-state index is 12.9. The van der Waals surface area contributed by atoms with Crippen molar-refractivity contribution < 1.29 is 49.3 Å². The van der Waals surface area contributed by atoms with E-state index in [1.54, 1.807) is 13.1 Å². The number of aliphatic hydroxyl groups is 5. The summed E-state index contributed by atoms with van der Waals surface area (Å²) in [6.45, 7) is 1.93. The smallest absolute Gasteiger partial charge is 0.249 e. The minimum absolute atomic E-state index is 0.000602. The molecule has 0 spiro atoms. The van der Waals surface area contributed by atoms with Crippen molar-refractivity contribution in [2.24, 2.45) is 27.9 Å². The molecule has 0 radical (unpaired) electrons. The van der Waals surface area contributed by atoms with Crippen LogP contribution in [0.25, 0.3) is 0 Å². The Morgan fingerprint density at radius 1 is 1.18 bits per heavy atom. The number of guanidine groups is 1. The van der Waals surface area contributed by atoms with E-state index in [-0.39, 0.29) is 38.6 Å². The summed E-state index contributed by atoms with van der Waals surface area (Å²) < 4.78 is 23.8. The van der Waals surface area contributed by atoms with E-state index >= 15 is 0 Å². The third kappa shape index (κ3) is 9.41. The van der Waals surface area contributed by atoms with Crippen LogP contribution in [0.5, 0.6) is 0 Å². The molecule has 0 bridgehead atoms. The predicted octanol–water partition coefficient (Wildman–Crippen LogP) is -6.05. The lowest BCUT2D eigenvalue weighted by Gasteiger charge is -2.48. The van der Waals surface area contributed by atoms with Crippen molar-refractivity contribution in [3.63, 3.8) is 0 Å². The molecule has 2 heterocycles. The zero-order valence-corrected chi connectivity index (χ0v) is 25.1. The lowest BCUT2D eigenvalue weighted by atomic mass is 9.83. The number of carbonyl (C=O) groups is 1. The number of likely N-dealkylation sites (N-methyl/N-ethyl adjacent to an activating group) is 1. The lowest BCUT2D eigenvalue weighted by Crippen LogP contribution is -2.69. The number of nitrogens with two attached hydrogens (primary N) is 4. The van der Waals surface area contributed by atoms with Gasteiger partial charge in [0.25, 0.3) is 0 Å². The van der Waals surface area contributed by atoms with Crippen molar-refractivity contribution in [2.45, 2.75) is 99.1 Å². The minimum Gasteiger partial charge on any atom is -0.467 e. The number of rotatable bonds is 14. The molecule has 0 unspecified atom stereocenters. The Labute approximate surface area is 256 Å². The highest BCUT2D eigenvalue weighted by molar-refractivity contribution is 5.81. The second kappa shape index (κ2) is 16.4. The molecule has 1 amide bonds. The average molecular weight is 635 g/mol. The lowest BCUT2D eigenvalue weighted by molar-refractivity contribution is -0.304. The van der Waals surface area contributed by atoms with E-state index in [0.29, 0.717) is 25.3 Å². The van der Waals surface area contributed by atoms with Gasteiger partial charge in [0, 0.05) is 25.6 Å².